The predicted molar refractivity (Wildman–Crippen MR) is 67.3 cm³/mol. The quantitative estimate of drug-likeness (QED) is 0.502. The van der Waals surface area contributed by atoms with Crippen LogP contribution in [0.4, 0.5) is 11.5 Å². The molecule has 0 aliphatic heterocycles. The van der Waals surface area contributed by atoms with Crippen molar-refractivity contribution in [2.75, 3.05) is 11.9 Å². The summed E-state index contributed by atoms with van der Waals surface area (Å²) >= 11 is 0. The first-order chi connectivity index (χ1) is 8.95. The van der Waals surface area contributed by atoms with Crippen molar-refractivity contribution in [3.63, 3.8) is 0 Å². The second-order valence-corrected chi connectivity index (χ2v) is 4.07. The highest BCUT2D eigenvalue weighted by Gasteiger charge is 2.19. The normalized spacial score (nSPS) is 11.9. The van der Waals surface area contributed by atoms with Crippen molar-refractivity contribution in [3.8, 4) is 0 Å². The van der Waals surface area contributed by atoms with Gasteiger partial charge in [-0.3, -0.25) is 10.1 Å². The molecule has 0 aliphatic rings. The van der Waals surface area contributed by atoms with Crippen LogP contribution in [0.25, 0.3) is 0 Å². The molecule has 1 heterocycles. The molecule has 19 heavy (non-hydrogen) atoms. The van der Waals surface area contributed by atoms with Crippen LogP contribution in [0.3, 0.4) is 0 Å². The third-order valence-corrected chi connectivity index (χ3v) is 2.49. The number of nitro groups is 1. The molecule has 1 unspecified atom stereocenters. The van der Waals surface area contributed by atoms with Gasteiger partial charge < -0.3 is 15.5 Å². The summed E-state index contributed by atoms with van der Waals surface area (Å²) in [7, 11) is 0. The van der Waals surface area contributed by atoms with E-state index in [1.807, 2.05) is 0 Å². The number of aliphatic hydroxyl groups excluding tert-OH is 1. The Morgan fingerprint density at radius 3 is 2.84 bits per heavy atom. The van der Waals surface area contributed by atoms with E-state index in [1.165, 1.54) is 0 Å². The molecule has 0 bridgehead atoms. The number of carbonyl (C=O) groups is 1. The molecular formula is C11H15N3O5. The highest BCUT2D eigenvalue weighted by molar-refractivity contribution is 5.88. The molecule has 8 nitrogen and oxygen atoms in total. The maximum absolute atomic E-state index is 10.9. The number of nitrogens with one attached hydrogen (secondary N) is 1. The molecule has 1 atom stereocenters. The maximum atomic E-state index is 10.9. The van der Waals surface area contributed by atoms with Gasteiger partial charge in [0.15, 0.2) is 0 Å². The van der Waals surface area contributed by atoms with Gasteiger partial charge in [-0.05, 0) is 19.8 Å². The fourth-order valence-electron chi connectivity index (χ4n) is 1.52. The molecule has 0 aliphatic carbocycles. The number of nitrogens with zero attached hydrogens (tertiary/aromatic N) is 2. The zero-order valence-electron chi connectivity index (χ0n) is 10.4. The lowest BCUT2D eigenvalue weighted by Gasteiger charge is -2.13. The Morgan fingerprint density at radius 2 is 2.32 bits per heavy atom. The number of anilines is 1. The molecule has 8 heteroatoms. The van der Waals surface area contributed by atoms with Gasteiger partial charge in [-0.1, -0.05) is 0 Å². The average Bonchev–Trinajstić information content (AvgIpc) is 2.36. The number of hydrogen-bond acceptors (Lipinski definition) is 6. The first-order valence-electron chi connectivity index (χ1n) is 5.70. The van der Waals surface area contributed by atoms with Crippen LogP contribution in [0.1, 0.15) is 30.1 Å². The lowest BCUT2D eigenvalue weighted by molar-refractivity contribution is -0.384. The number of carboxylic acid groups (broad SMARTS) is 1. The van der Waals surface area contributed by atoms with E-state index in [0.717, 1.165) is 12.3 Å². The number of aliphatic hydroxyl groups is 1. The van der Waals surface area contributed by atoms with E-state index < -0.39 is 10.9 Å². The van der Waals surface area contributed by atoms with Crippen LogP contribution in [0, 0.1) is 10.1 Å². The van der Waals surface area contributed by atoms with Crippen molar-refractivity contribution in [2.24, 2.45) is 0 Å². The van der Waals surface area contributed by atoms with E-state index in [0.29, 0.717) is 12.8 Å². The number of pyridine rings is 1. The second-order valence-electron chi connectivity index (χ2n) is 4.07. The topological polar surface area (TPSA) is 126 Å². The van der Waals surface area contributed by atoms with Crippen molar-refractivity contribution < 1.29 is 19.9 Å². The minimum Gasteiger partial charge on any atom is -0.478 e. The van der Waals surface area contributed by atoms with Crippen LogP contribution >= 0.6 is 0 Å². The minimum absolute atomic E-state index is 0.0282. The van der Waals surface area contributed by atoms with E-state index in [-0.39, 0.29) is 29.7 Å². The van der Waals surface area contributed by atoms with E-state index in [2.05, 4.69) is 10.3 Å². The second kappa shape index (κ2) is 6.64. The van der Waals surface area contributed by atoms with Gasteiger partial charge in [-0.25, -0.2) is 9.78 Å². The van der Waals surface area contributed by atoms with Gasteiger partial charge in [0.05, 0.1) is 10.5 Å². The molecule has 0 spiro atoms. The molecule has 0 saturated carbocycles. The van der Waals surface area contributed by atoms with Gasteiger partial charge in [0, 0.05) is 24.9 Å². The van der Waals surface area contributed by atoms with Crippen LogP contribution in [0.5, 0.6) is 0 Å². The molecule has 1 rings (SSSR count). The summed E-state index contributed by atoms with van der Waals surface area (Å²) in [5, 5.41) is 31.2. The summed E-state index contributed by atoms with van der Waals surface area (Å²) in [6.07, 6.45) is 2.25. The first kappa shape index (κ1) is 14.8. The Bertz CT molecular complexity index is 477. The standard InChI is InChI=1S/C11H15N3O5/c1-7(3-2-4-15)13-10-9(14(18)19)5-8(6-12-10)11(16)17/h5-7,15H,2-4H2,1H3,(H,12,13)(H,16,17). The van der Waals surface area contributed by atoms with Gasteiger partial charge in [-0.15, -0.1) is 0 Å². The molecule has 0 saturated heterocycles. The van der Waals surface area contributed by atoms with Gasteiger partial charge in [-0.2, -0.15) is 0 Å². The average molecular weight is 269 g/mol. The van der Waals surface area contributed by atoms with Crippen LogP contribution in [-0.4, -0.2) is 38.7 Å². The SMILES string of the molecule is CC(CCCO)Nc1ncc(C(=O)O)cc1[N+](=O)[O-]. The number of hydrogen-bond donors (Lipinski definition) is 3. The summed E-state index contributed by atoms with van der Waals surface area (Å²) in [6.45, 7) is 1.84. The molecule has 0 aromatic carbocycles. The highest BCUT2D eigenvalue weighted by atomic mass is 16.6. The number of carboxylic acids is 1. The van der Waals surface area contributed by atoms with Crippen LogP contribution in [0.2, 0.25) is 0 Å². The van der Waals surface area contributed by atoms with Gasteiger partial charge in [0.1, 0.15) is 0 Å². The van der Waals surface area contributed by atoms with Crippen molar-refractivity contribution in [1.82, 2.24) is 4.98 Å². The van der Waals surface area contributed by atoms with Crippen LogP contribution in [-0.2, 0) is 0 Å². The largest absolute Gasteiger partial charge is 0.478 e. The molecule has 0 amide bonds. The lowest BCUT2D eigenvalue weighted by atomic mass is 10.2. The fourth-order valence-corrected chi connectivity index (χ4v) is 1.52. The van der Waals surface area contributed by atoms with Crippen molar-refractivity contribution >= 4 is 17.5 Å². The van der Waals surface area contributed by atoms with Gasteiger partial charge in [0.25, 0.3) is 0 Å². The van der Waals surface area contributed by atoms with Crippen molar-refractivity contribution in [1.29, 1.82) is 0 Å². The van der Waals surface area contributed by atoms with Crippen LogP contribution < -0.4 is 5.32 Å². The highest BCUT2D eigenvalue weighted by Crippen LogP contribution is 2.24. The summed E-state index contributed by atoms with van der Waals surface area (Å²) in [4.78, 5) is 24.7. The van der Waals surface area contributed by atoms with Crippen LogP contribution in [0.15, 0.2) is 12.3 Å². The third-order valence-electron chi connectivity index (χ3n) is 2.49. The predicted octanol–water partition coefficient (Wildman–Crippen LogP) is 1.26. The summed E-state index contributed by atoms with van der Waals surface area (Å²) in [6, 6.07) is 0.852. The molecule has 3 N–H and O–H groups in total. The Morgan fingerprint density at radius 1 is 1.63 bits per heavy atom. The Labute approximate surface area is 109 Å². The lowest BCUT2D eigenvalue weighted by Crippen LogP contribution is -2.17. The Kier molecular flexibility index (Phi) is 5.19. The van der Waals surface area contributed by atoms with Gasteiger partial charge >= 0.3 is 11.7 Å². The monoisotopic (exact) mass is 269 g/mol. The number of rotatable bonds is 7. The molecule has 1 aromatic rings. The minimum atomic E-state index is -1.27. The fraction of sp³-hybridized carbons (Fsp3) is 0.455. The van der Waals surface area contributed by atoms with Crippen molar-refractivity contribution in [3.05, 3.63) is 27.9 Å². The Balaban J connectivity index is 2.94. The first-order valence-corrected chi connectivity index (χ1v) is 5.70. The van der Waals surface area contributed by atoms with Crippen molar-refractivity contribution in [2.45, 2.75) is 25.8 Å². The molecule has 0 radical (unpaired) electrons. The van der Waals surface area contributed by atoms with E-state index in [4.69, 9.17) is 10.2 Å². The molecular weight excluding hydrogens is 254 g/mol. The number of aromatic nitrogens is 1. The third kappa shape index (κ3) is 4.18. The van der Waals surface area contributed by atoms with E-state index in [1.54, 1.807) is 6.92 Å². The van der Waals surface area contributed by atoms with Gasteiger partial charge in [0.2, 0.25) is 5.82 Å². The van der Waals surface area contributed by atoms with E-state index in [9.17, 15) is 14.9 Å². The zero-order valence-corrected chi connectivity index (χ0v) is 10.4. The molecule has 0 fully saturated rings. The maximum Gasteiger partial charge on any atom is 0.337 e. The molecule has 1 aromatic heterocycles. The zero-order chi connectivity index (χ0) is 14.4. The summed E-state index contributed by atoms with van der Waals surface area (Å²) < 4.78 is 0. The summed E-state index contributed by atoms with van der Waals surface area (Å²) in [5.74, 6) is -1.24. The van der Waals surface area contributed by atoms with E-state index >= 15 is 0 Å². The smallest absolute Gasteiger partial charge is 0.337 e. The summed E-state index contributed by atoms with van der Waals surface area (Å²) in [5.41, 5.74) is -0.615. The Hall–Kier alpha value is -2.22. The molecule has 104 valence electrons. The number of aromatic carboxylic acids is 1.